The predicted molar refractivity (Wildman–Crippen MR) is 223 cm³/mol. The fraction of sp³-hybridized carbons (Fsp3) is 0.667. The third-order valence-corrected chi connectivity index (χ3v) is 9.94. The zero-order valence-corrected chi connectivity index (χ0v) is 36.4. The molecular weight excluding hydrogens is 873 g/mol. The predicted octanol–water partition coefficient (Wildman–Crippen LogP) is -8.22. The number of aliphatic carboxylic acids is 1. The first-order valence-corrected chi connectivity index (χ1v) is 20.6. The molecule has 1 heterocycles. The molecular formula is C36H60N12O15S. The van der Waals surface area contributed by atoms with Gasteiger partial charge < -0.3 is 80.4 Å². The SMILES string of the molecule is CC(C)[C@H](NC(=O)[C@H](CO)NC(=O)CNC(=O)[C@H](CC(N)=O)NC(=O)[C@H](CCC(N)=O)NC(=O)[C@@H]1CCCN1C(=O)[C@@H](N)CCC(N)=O)C(=O)N[C@H](C(=O)N[C@@H](CS)C(=O)O)[C@@H](C)O. The number of primary amides is 3. The molecule has 0 bridgehead atoms. The second-order valence-corrected chi connectivity index (χ2v) is 15.5. The van der Waals surface area contributed by atoms with Crippen LogP contribution in [0.25, 0.3) is 0 Å². The highest BCUT2D eigenvalue weighted by molar-refractivity contribution is 7.80. The summed E-state index contributed by atoms with van der Waals surface area (Å²) in [6, 6.07) is -11.9. The maximum Gasteiger partial charge on any atom is 0.327 e. The zero-order chi connectivity index (χ0) is 49.0. The molecule has 360 valence electrons. The van der Waals surface area contributed by atoms with Gasteiger partial charge in [-0.15, -0.1) is 0 Å². The molecule has 1 aliphatic rings. The zero-order valence-electron chi connectivity index (χ0n) is 35.5. The Morgan fingerprint density at radius 2 is 1.23 bits per heavy atom. The number of nitrogens with zero attached hydrogens (tertiary/aromatic N) is 1. The van der Waals surface area contributed by atoms with E-state index < -0.39 is 164 Å². The second-order valence-electron chi connectivity index (χ2n) is 15.2. The van der Waals surface area contributed by atoms with Crippen LogP contribution in [0.2, 0.25) is 0 Å². The van der Waals surface area contributed by atoms with Crippen molar-refractivity contribution >= 4 is 83.6 Å². The Hall–Kier alpha value is -6.13. The number of aliphatic hydroxyl groups excluding tert-OH is 2. The summed E-state index contributed by atoms with van der Waals surface area (Å²) in [6.07, 6.45) is -2.95. The fourth-order valence-corrected chi connectivity index (χ4v) is 6.30. The average molecular weight is 933 g/mol. The van der Waals surface area contributed by atoms with Crippen LogP contribution in [0.4, 0.5) is 0 Å². The number of carbonyl (C=O) groups excluding carboxylic acids is 11. The number of amides is 11. The van der Waals surface area contributed by atoms with Crippen molar-refractivity contribution in [2.45, 2.75) is 120 Å². The third-order valence-electron chi connectivity index (χ3n) is 9.57. The van der Waals surface area contributed by atoms with E-state index in [1.54, 1.807) is 0 Å². The molecule has 0 saturated carbocycles. The van der Waals surface area contributed by atoms with Crippen LogP contribution >= 0.6 is 12.6 Å². The average Bonchev–Trinajstić information content (AvgIpc) is 3.71. The van der Waals surface area contributed by atoms with Gasteiger partial charge in [-0.25, -0.2) is 4.79 Å². The summed E-state index contributed by atoms with van der Waals surface area (Å²) >= 11 is 3.84. The first-order chi connectivity index (χ1) is 29.8. The maximum atomic E-state index is 13.5. The van der Waals surface area contributed by atoms with Gasteiger partial charge in [0.05, 0.1) is 31.7 Å². The molecule has 0 aromatic carbocycles. The Kier molecular flexibility index (Phi) is 23.7. The summed E-state index contributed by atoms with van der Waals surface area (Å²) in [6.45, 7) is 2.27. The van der Waals surface area contributed by atoms with Crippen LogP contribution in [0.3, 0.4) is 0 Å². The topological polar surface area (TPSA) is 457 Å². The maximum absolute atomic E-state index is 13.5. The number of rotatable bonds is 28. The van der Waals surface area contributed by atoms with Crippen LogP contribution in [-0.4, -0.2) is 171 Å². The Morgan fingerprint density at radius 3 is 1.75 bits per heavy atom. The summed E-state index contributed by atoms with van der Waals surface area (Å²) in [5.74, 6) is -13.2. The Balaban J connectivity index is 3.05. The van der Waals surface area contributed by atoms with E-state index in [-0.39, 0.29) is 31.6 Å². The van der Waals surface area contributed by atoms with Crippen molar-refractivity contribution in [2.75, 3.05) is 25.4 Å². The number of nitrogens with two attached hydrogens (primary N) is 4. The Morgan fingerprint density at radius 1 is 0.688 bits per heavy atom. The van der Waals surface area contributed by atoms with Gasteiger partial charge >= 0.3 is 5.97 Å². The second kappa shape index (κ2) is 27.1. The van der Waals surface area contributed by atoms with Gasteiger partial charge in [-0.1, -0.05) is 13.8 Å². The molecule has 0 aromatic heterocycles. The summed E-state index contributed by atoms with van der Waals surface area (Å²) in [5.41, 5.74) is 21.6. The van der Waals surface area contributed by atoms with Crippen molar-refractivity contribution in [1.29, 1.82) is 0 Å². The lowest BCUT2D eigenvalue weighted by Gasteiger charge is -2.28. The van der Waals surface area contributed by atoms with Gasteiger partial charge in [-0.3, -0.25) is 52.7 Å². The number of carboxylic acid groups (broad SMARTS) is 1. The van der Waals surface area contributed by atoms with Crippen LogP contribution in [-0.2, 0) is 57.5 Å². The molecule has 0 aromatic rings. The quantitative estimate of drug-likeness (QED) is 0.0324. The van der Waals surface area contributed by atoms with Crippen molar-refractivity contribution in [3.8, 4) is 0 Å². The van der Waals surface area contributed by atoms with Crippen LogP contribution in [0.15, 0.2) is 0 Å². The summed E-state index contributed by atoms with van der Waals surface area (Å²) in [7, 11) is 0. The molecule has 1 fully saturated rings. The number of nitrogens with one attached hydrogen (secondary N) is 7. The van der Waals surface area contributed by atoms with E-state index in [9.17, 15) is 72.9 Å². The molecule has 1 saturated heterocycles. The van der Waals surface area contributed by atoms with Crippen molar-refractivity contribution in [1.82, 2.24) is 42.1 Å². The van der Waals surface area contributed by atoms with E-state index in [0.717, 1.165) is 6.92 Å². The number of thiol groups is 1. The first kappa shape index (κ1) is 55.9. The minimum Gasteiger partial charge on any atom is -0.480 e. The van der Waals surface area contributed by atoms with Gasteiger partial charge in [0.1, 0.15) is 42.3 Å². The lowest BCUT2D eigenvalue weighted by molar-refractivity contribution is -0.142. The van der Waals surface area contributed by atoms with Crippen LogP contribution in [0, 0.1) is 5.92 Å². The highest BCUT2D eigenvalue weighted by Gasteiger charge is 2.39. The molecule has 9 atom stereocenters. The standard InChI is InChI=1S/C36H60N12O15S/c1-15(2)27(33(59)47-28(16(3)50)34(60)45-21(14-64)36(62)63)46-31(57)20(13-49)42-26(54)12-41-29(55)19(11-25(40)53)44-30(56)18(7-9-24(39)52)43-32(58)22-5-4-10-48(22)35(61)17(37)6-8-23(38)51/h15-22,27-28,49-50,64H,4-14,37H2,1-3H3,(H2,38,51)(H2,39,52)(H2,40,53)(H,41,55)(H,42,54)(H,43,58)(H,44,56)(H,45,60)(H,46,57)(H,47,59)(H,62,63)/t16-,17+,18+,19+,20+,21+,22+,27+,28+/m1/s1. The van der Waals surface area contributed by atoms with Crippen molar-refractivity contribution < 1.29 is 72.9 Å². The number of hydrogen-bond donors (Lipinski definition) is 15. The molecule has 0 spiro atoms. The molecule has 0 radical (unpaired) electrons. The first-order valence-electron chi connectivity index (χ1n) is 20.0. The smallest absolute Gasteiger partial charge is 0.327 e. The van der Waals surface area contributed by atoms with Gasteiger partial charge in [-0.2, -0.15) is 12.6 Å². The van der Waals surface area contributed by atoms with Gasteiger partial charge in [0, 0.05) is 25.1 Å². The molecule has 18 N–H and O–H groups in total. The fourth-order valence-electron chi connectivity index (χ4n) is 6.06. The lowest BCUT2D eigenvalue weighted by atomic mass is 10.0. The van der Waals surface area contributed by atoms with Crippen LogP contribution < -0.4 is 60.2 Å². The van der Waals surface area contributed by atoms with Crippen molar-refractivity contribution in [3.63, 3.8) is 0 Å². The number of likely N-dealkylation sites (tertiary alicyclic amines) is 1. The molecule has 0 unspecified atom stereocenters. The molecule has 0 aliphatic carbocycles. The molecule has 64 heavy (non-hydrogen) atoms. The van der Waals surface area contributed by atoms with Gasteiger partial charge in [0.25, 0.3) is 0 Å². The number of aliphatic hydroxyl groups is 2. The van der Waals surface area contributed by atoms with E-state index >= 15 is 0 Å². The molecule has 28 heteroatoms. The third kappa shape index (κ3) is 18.7. The van der Waals surface area contributed by atoms with Crippen LogP contribution in [0.1, 0.15) is 65.7 Å². The largest absolute Gasteiger partial charge is 0.480 e. The van der Waals surface area contributed by atoms with E-state index in [4.69, 9.17) is 22.9 Å². The molecule has 27 nitrogen and oxygen atoms in total. The van der Waals surface area contributed by atoms with E-state index in [1.165, 1.54) is 18.7 Å². The Bertz CT molecular complexity index is 1750. The molecule has 11 amide bonds. The van der Waals surface area contributed by atoms with Gasteiger partial charge in [-0.05, 0) is 38.5 Å². The minimum atomic E-state index is -1.78. The van der Waals surface area contributed by atoms with Gasteiger partial charge in [0.2, 0.25) is 65.0 Å². The lowest BCUT2D eigenvalue weighted by Crippen LogP contribution is -2.61. The minimum absolute atomic E-state index is 0.0848. The number of hydrogen-bond acceptors (Lipinski definition) is 16. The highest BCUT2D eigenvalue weighted by Crippen LogP contribution is 2.20. The van der Waals surface area contributed by atoms with E-state index in [2.05, 4.69) is 49.8 Å². The Labute approximate surface area is 372 Å². The van der Waals surface area contributed by atoms with Crippen molar-refractivity contribution in [2.24, 2.45) is 28.9 Å². The monoisotopic (exact) mass is 932 g/mol. The molecule has 1 aliphatic heterocycles. The molecule has 1 rings (SSSR count). The summed E-state index contributed by atoms with van der Waals surface area (Å²) in [4.78, 5) is 152. The summed E-state index contributed by atoms with van der Waals surface area (Å²) in [5, 5.41) is 44.8. The van der Waals surface area contributed by atoms with E-state index in [1.807, 2.05) is 0 Å². The number of carbonyl (C=O) groups is 12. The van der Waals surface area contributed by atoms with Gasteiger partial charge in [0.15, 0.2) is 0 Å². The number of carboxylic acids is 1. The highest BCUT2D eigenvalue weighted by atomic mass is 32.1. The van der Waals surface area contributed by atoms with E-state index in [0.29, 0.717) is 6.42 Å². The normalized spacial score (nSPS) is 17.1. The van der Waals surface area contributed by atoms with Crippen LogP contribution in [0.5, 0.6) is 0 Å². The summed E-state index contributed by atoms with van der Waals surface area (Å²) < 4.78 is 0. The van der Waals surface area contributed by atoms with Crippen molar-refractivity contribution in [3.05, 3.63) is 0 Å².